The molecule has 1 aromatic heterocycles. The summed E-state index contributed by atoms with van der Waals surface area (Å²) in [7, 11) is 0. The van der Waals surface area contributed by atoms with Gasteiger partial charge in [0.15, 0.2) is 0 Å². The van der Waals surface area contributed by atoms with Crippen LogP contribution in [-0.4, -0.2) is 34.9 Å². The molecule has 3 aromatic rings. The number of rotatable bonds is 7. The number of aromatic nitrogens is 1. The van der Waals surface area contributed by atoms with E-state index in [2.05, 4.69) is 34.1 Å². The molecule has 2 aliphatic rings. The predicted octanol–water partition coefficient (Wildman–Crippen LogP) is 6.52. The Balaban J connectivity index is 0.00000289. The second-order valence-electron chi connectivity index (χ2n) is 9.96. The first kappa shape index (κ1) is 25.7. The molecule has 2 saturated carbocycles. The molecule has 1 heterocycles. The number of pyridine rings is 1. The Morgan fingerprint density at radius 2 is 1.71 bits per heavy atom. The molecule has 0 aliphatic heterocycles. The lowest BCUT2D eigenvalue weighted by atomic mass is 9.68. The highest BCUT2D eigenvalue weighted by molar-refractivity contribution is 6.30. The molecule has 184 valence electrons. The number of hydrogen-bond donors (Lipinski definition) is 1. The number of carbonyl (C=O) groups is 1. The van der Waals surface area contributed by atoms with Crippen LogP contribution < -0.4 is 5.73 Å². The molecule has 2 aromatic carbocycles. The van der Waals surface area contributed by atoms with E-state index in [4.69, 9.17) is 17.3 Å². The van der Waals surface area contributed by atoms with Crippen molar-refractivity contribution in [2.24, 2.45) is 11.7 Å². The average Bonchev–Trinajstić information content (AvgIpc) is 3.72. The molecular formula is C29H33Cl2N3O. The van der Waals surface area contributed by atoms with E-state index >= 15 is 0 Å². The van der Waals surface area contributed by atoms with Crippen molar-refractivity contribution in [1.82, 2.24) is 9.88 Å². The van der Waals surface area contributed by atoms with Crippen LogP contribution in [0.15, 0.2) is 73.1 Å². The molecule has 1 amide bonds. The van der Waals surface area contributed by atoms with Crippen LogP contribution in [0, 0.1) is 5.92 Å². The van der Waals surface area contributed by atoms with Crippen LogP contribution in [0.2, 0.25) is 5.02 Å². The van der Waals surface area contributed by atoms with Gasteiger partial charge in [-0.25, -0.2) is 0 Å². The van der Waals surface area contributed by atoms with Crippen LogP contribution in [0.1, 0.15) is 54.4 Å². The quantitative estimate of drug-likeness (QED) is 0.394. The minimum Gasteiger partial charge on any atom is -0.335 e. The van der Waals surface area contributed by atoms with Crippen LogP contribution in [0.5, 0.6) is 0 Å². The van der Waals surface area contributed by atoms with E-state index in [1.165, 1.54) is 18.4 Å². The first-order valence-corrected chi connectivity index (χ1v) is 12.7. The molecule has 0 bridgehead atoms. The maximum Gasteiger partial charge on any atom is 0.255 e. The zero-order valence-corrected chi connectivity index (χ0v) is 21.5. The zero-order valence-electron chi connectivity index (χ0n) is 19.9. The van der Waals surface area contributed by atoms with Gasteiger partial charge in [-0.05, 0) is 73.8 Å². The Labute approximate surface area is 219 Å². The Morgan fingerprint density at radius 1 is 0.971 bits per heavy atom. The summed E-state index contributed by atoms with van der Waals surface area (Å²) in [6.45, 7) is 1.44. The fourth-order valence-electron chi connectivity index (χ4n) is 5.38. The molecule has 0 saturated heterocycles. The van der Waals surface area contributed by atoms with Gasteiger partial charge in [0.25, 0.3) is 5.91 Å². The van der Waals surface area contributed by atoms with Crippen LogP contribution in [0.25, 0.3) is 11.1 Å². The topological polar surface area (TPSA) is 59.2 Å². The zero-order chi connectivity index (χ0) is 23.5. The summed E-state index contributed by atoms with van der Waals surface area (Å²) in [5.74, 6) is 0.730. The van der Waals surface area contributed by atoms with Gasteiger partial charge < -0.3 is 10.6 Å². The standard InChI is InChI=1S/C29H32ClN3O.ClH/c30-26-8-4-7-25(16-26)29(20-31)13-11-27(12-14-29)33(19-21-9-10-21)28(34)24-15-23(17-32-18-24)22-5-2-1-3-6-22;/h1-8,15-18,21,27H,9-14,19-20,31H2;1H/t27-,29-;. The molecular weight excluding hydrogens is 477 g/mol. The highest BCUT2D eigenvalue weighted by atomic mass is 35.5. The van der Waals surface area contributed by atoms with Gasteiger partial charge >= 0.3 is 0 Å². The number of amides is 1. The van der Waals surface area contributed by atoms with Gasteiger partial charge in [0, 0.05) is 47.5 Å². The van der Waals surface area contributed by atoms with E-state index in [-0.39, 0.29) is 29.8 Å². The summed E-state index contributed by atoms with van der Waals surface area (Å²) < 4.78 is 0. The number of halogens is 2. The highest BCUT2D eigenvalue weighted by Crippen LogP contribution is 2.42. The van der Waals surface area contributed by atoms with E-state index < -0.39 is 0 Å². The van der Waals surface area contributed by atoms with Crippen molar-refractivity contribution in [3.05, 3.63) is 89.2 Å². The van der Waals surface area contributed by atoms with E-state index in [1.807, 2.05) is 42.6 Å². The number of nitrogens with two attached hydrogens (primary N) is 1. The second kappa shape index (κ2) is 11.1. The van der Waals surface area contributed by atoms with Gasteiger partial charge in [-0.2, -0.15) is 0 Å². The second-order valence-corrected chi connectivity index (χ2v) is 10.4. The summed E-state index contributed by atoms with van der Waals surface area (Å²) in [6, 6.07) is 20.5. The minimum absolute atomic E-state index is 0. The maximum absolute atomic E-state index is 13.8. The summed E-state index contributed by atoms with van der Waals surface area (Å²) >= 11 is 6.29. The molecule has 0 spiro atoms. The SMILES string of the molecule is Cl.NC[C@]1(c2cccc(Cl)c2)CC[C@H](N(CC2CC2)C(=O)c2cncc(-c3ccccc3)c2)CC1. The molecule has 2 N–H and O–H groups in total. The third kappa shape index (κ3) is 5.72. The largest absolute Gasteiger partial charge is 0.335 e. The van der Waals surface area contributed by atoms with Crippen molar-refractivity contribution in [3.63, 3.8) is 0 Å². The van der Waals surface area contributed by atoms with Crippen molar-refractivity contribution < 1.29 is 4.79 Å². The van der Waals surface area contributed by atoms with Crippen molar-refractivity contribution in [1.29, 1.82) is 0 Å². The lowest BCUT2D eigenvalue weighted by molar-refractivity contribution is 0.0581. The van der Waals surface area contributed by atoms with Gasteiger partial charge in [0.05, 0.1) is 5.56 Å². The average molecular weight is 511 g/mol. The first-order chi connectivity index (χ1) is 16.6. The molecule has 2 fully saturated rings. The summed E-state index contributed by atoms with van der Waals surface area (Å²) in [5.41, 5.74) is 10.2. The van der Waals surface area contributed by atoms with E-state index in [0.29, 0.717) is 18.0 Å². The molecule has 6 heteroatoms. The number of benzene rings is 2. The van der Waals surface area contributed by atoms with E-state index in [0.717, 1.165) is 48.4 Å². The molecule has 35 heavy (non-hydrogen) atoms. The third-order valence-electron chi connectivity index (χ3n) is 7.69. The van der Waals surface area contributed by atoms with Crippen LogP contribution >= 0.6 is 24.0 Å². The number of carbonyl (C=O) groups excluding carboxylic acids is 1. The molecule has 0 radical (unpaired) electrons. The lowest BCUT2D eigenvalue weighted by Gasteiger charge is -2.43. The Morgan fingerprint density at radius 3 is 2.37 bits per heavy atom. The smallest absolute Gasteiger partial charge is 0.255 e. The van der Waals surface area contributed by atoms with Gasteiger partial charge in [-0.1, -0.05) is 54.1 Å². The van der Waals surface area contributed by atoms with E-state index in [1.54, 1.807) is 6.20 Å². The molecule has 0 atom stereocenters. The Kier molecular flexibility index (Phi) is 8.16. The minimum atomic E-state index is -0.0650. The number of hydrogen-bond acceptors (Lipinski definition) is 3. The lowest BCUT2D eigenvalue weighted by Crippen LogP contribution is -2.48. The molecule has 0 unspecified atom stereocenters. The number of nitrogens with zero attached hydrogens (tertiary/aromatic N) is 2. The highest BCUT2D eigenvalue weighted by Gasteiger charge is 2.40. The van der Waals surface area contributed by atoms with Crippen molar-refractivity contribution in [2.75, 3.05) is 13.1 Å². The third-order valence-corrected chi connectivity index (χ3v) is 7.92. The summed E-state index contributed by atoms with van der Waals surface area (Å²) in [6.07, 6.45) is 9.81. The molecule has 2 aliphatic carbocycles. The monoisotopic (exact) mass is 509 g/mol. The van der Waals surface area contributed by atoms with Crippen molar-refractivity contribution in [3.8, 4) is 11.1 Å². The Hall–Kier alpha value is -2.40. The molecule has 4 nitrogen and oxygen atoms in total. The van der Waals surface area contributed by atoms with Crippen molar-refractivity contribution >= 4 is 29.9 Å². The summed E-state index contributed by atoms with van der Waals surface area (Å²) in [4.78, 5) is 20.3. The van der Waals surface area contributed by atoms with E-state index in [9.17, 15) is 4.79 Å². The fraction of sp³-hybridized carbons (Fsp3) is 0.379. The normalized spacial score (nSPS) is 21.7. The van der Waals surface area contributed by atoms with Crippen molar-refractivity contribution in [2.45, 2.75) is 50.0 Å². The Bertz CT molecular complexity index is 1140. The van der Waals surface area contributed by atoms with Crippen LogP contribution in [-0.2, 0) is 5.41 Å². The van der Waals surface area contributed by atoms with Crippen LogP contribution in [0.3, 0.4) is 0 Å². The first-order valence-electron chi connectivity index (χ1n) is 12.4. The maximum atomic E-state index is 13.8. The van der Waals surface area contributed by atoms with Gasteiger partial charge in [-0.3, -0.25) is 9.78 Å². The molecule has 5 rings (SSSR count). The van der Waals surface area contributed by atoms with Crippen LogP contribution in [0.4, 0.5) is 0 Å². The van der Waals surface area contributed by atoms with Gasteiger partial charge in [-0.15, -0.1) is 12.4 Å². The summed E-state index contributed by atoms with van der Waals surface area (Å²) in [5, 5.41) is 0.754. The predicted molar refractivity (Wildman–Crippen MR) is 145 cm³/mol. The van der Waals surface area contributed by atoms with Gasteiger partial charge in [0.1, 0.15) is 0 Å². The fourth-order valence-corrected chi connectivity index (χ4v) is 5.57. The van der Waals surface area contributed by atoms with Gasteiger partial charge in [0.2, 0.25) is 0 Å².